The Morgan fingerprint density at radius 2 is 1.71 bits per heavy atom. The van der Waals surface area contributed by atoms with Crippen molar-refractivity contribution in [2.24, 2.45) is 0 Å². The van der Waals surface area contributed by atoms with Crippen molar-refractivity contribution in [3.63, 3.8) is 0 Å². The van der Waals surface area contributed by atoms with Crippen molar-refractivity contribution in [1.82, 2.24) is 9.97 Å². The number of fused-ring (bicyclic) bond motifs is 3. The predicted octanol–water partition coefficient (Wildman–Crippen LogP) is 2.67. The first kappa shape index (κ1) is 13.4. The molecule has 0 aliphatic carbocycles. The highest BCUT2D eigenvalue weighted by molar-refractivity contribution is 5.81. The second kappa shape index (κ2) is 5.23. The van der Waals surface area contributed by atoms with Gasteiger partial charge in [-0.3, -0.25) is 0 Å². The van der Waals surface area contributed by atoms with Crippen LogP contribution in [-0.2, 0) is 6.54 Å². The molecule has 3 aromatic rings. The summed E-state index contributed by atoms with van der Waals surface area (Å²) in [6, 6.07) is 9.71. The number of aromatic nitrogens is 2. The molecule has 0 unspecified atom stereocenters. The van der Waals surface area contributed by atoms with Crippen LogP contribution in [-0.4, -0.2) is 30.0 Å². The van der Waals surface area contributed by atoms with E-state index < -0.39 is 0 Å². The van der Waals surface area contributed by atoms with Gasteiger partial charge in [0.15, 0.2) is 23.0 Å². The summed E-state index contributed by atoms with van der Waals surface area (Å²) in [6.45, 7) is 2.05. The van der Waals surface area contributed by atoms with Crippen LogP contribution in [0.1, 0.15) is 5.56 Å². The Labute approximate surface area is 137 Å². The van der Waals surface area contributed by atoms with Gasteiger partial charge in [0.25, 0.3) is 0 Å². The van der Waals surface area contributed by atoms with Crippen molar-refractivity contribution in [3.8, 4) is 23.0 Å². The van der Waals surface area contributed by atoms with E-state index in [9.17, 15) is 0 Å². The summed E-state index contributed by atoms with van der Waals surface area (Å²) in [5, 5.41) is 3.29. The zero-order valence-corrected chi connectivity index (χ0v) is 12.8. The molecule has 0 amide bonds. The second-order valence-electron chi connectivity index (χ2n) is 5.64. The molecule has 0 radical (unpaired) electrons. The molecule has 2 aliphatic rings. The summed E-state index contributed by atoms with van der Waals surface area (Å²) in [5.41, 5.74) is 2.84. The minimum Gasteiger partial charge on any atom is -0.486 e. The van der Waals surface area contributed by atoms with Crippen LogP contribution in [0, 0.1) is 0 Å². The zero-order valence-electron chi connectivity index (χ0n) is 12.8. The van der Waals surface area contributed by atoms with Gasteiger partial charge in [0.2, 0.25) is 12.7 Å². The smallest absolute Gasteiger partial charge is 0.231 e. The lowest BCUT2D eigenvalue weighted by Crippen LogP contribution is -2.15. The maximum atomic E-state index is 5.59. The molecule has 2 aromatic carbocycles. The van der Waals surface area contributed by atoms with Gasteiger partial charge < -0.3 is 29.2 Å². The highest BCUT2D eigenvalue weighted by atomic mass is 16.7. The van der Waals surface area contributed by atoms with E-state index in [1.165, 1.54) is 0 Å². The SMILES string of the molecule is c1cc2c(cc1CNc1nc3cc4c(cc3[nH]1)OCCO4)OCO2. The van der Waals surface area contributed by atoms with E-state index in [1.54, 1.807) is 0 Å². The summed E-state index contributed by atoms with van der Waals surface area (Å²) >= 11 is 0. The second-order valence-corrected chi connectivity index (χ2v) is 5.64. The van der Waals surface area contributed by atoms with Gasteiger partial charge in [0, 0.05) is 18.7 Å². The third kappa shape index (κ3) is 2.25. The predicted molar refractivity (Wildman–Crippen MR) is 87.0 cm³/mol. The van der Waals surface area contributed by atoms with Gasteiger partial charge in [-0.25, -0.2) is 4.98 Å². The average Bonchev–Trinajstić information content (AvgIpc) is 3.23. The quantitative estimate of drug-likeness (QED) is 0.771. The maximum Gasteiger partial charge on any atom is 0.231 e. The summed E-state index contributed by atoms with van der Waals surface area (Å²) in [5.74, 6) is 3.75. The Hall–Kier alpha value is -3.09. The van der Waals surface area contributed by atoms with Crippen molar-refractivity contribution in [3.05, 3.63) is 35.9 Å². The molecule has 1 aromatic heterocycles. The molecule has 3 heterocycles. The molecular formula is C17H15N3O4. The lowest BCUT2D eigenvalue weighted by molar-refractivity contribution is 0.172. The van der Waals surface area contributed by atoms with Crippen LogP contribution in [0.2, 0.25) is 0 Å². The number of imidazole rings is 1. The fourth-order valence-electron chi connectivity index (χ4n) is 2.87. The monoisotopic (exact) mass is 325 g/mol. The number of hydrogen-bond donors (Lipinski definition) is 2. The molecule has 0 spiro atoms. The van der Waals surface area contributed by atoms with E-state index >= 15 is 0 Å². The first-order valence-corrected chi connectivity index (χ1v) is 7.77. The summed E-state index contributed by atoms with van der Waals surface area (Å²) in [4.78, 5) is 7.80. The van der Waals surface area contributed by atoms with Crippen molar-refractivity contribution in [1.29, 1.82) is 0 Å². The maximum absolute atomic E-state index is 5.59. The van der Waals surface area contributed by atoms with Crippen LogP contribution in [0.4, 0.5) is 5.95 Å². The van der Waals surface area contributed by atoms with E-state index in [4.69, 9.17) is 18.9 Å². The highest BCUT2D eigenvalue weighted by Gasteiger charge is 2.15. The molecule has 0 fully saturated rings. The first-order chi connectivity index (χ1) is 11.8. The Bertz CT molecular complexity index is 879. The molecule has 2 N–H and O–H groups in total. The molecule has 0 saturated carbocycles. The van der Waals surface area contributed by atoms with Gasteiger partial charge >= 0.3 is 0 Å². The molecule has 122 valence electrons. The Morgan fingerprint density at radius 3 is 2.62 bits per heavy atom. The van der Waals surface area contributed by atoms with E-state index in [0.29, 0.717) is 25.7 Å². The average molecular weight is 325 g/mol. The first-order valence-electron chi connectivity index (χ1n) is 7.77. The third-order valence-corrected chi connectivity index (χ3v) is 4.04. The molecule has 0 atom stereocenters. The number of hydrogen-bond acceptors (Lipinski definition) is 6. The number of H-pyrrole nitrogens is 1. The zero-order chi connectivity index (χ0) is 15.9. The number of nitrogens with zero attached hydrogens (tertiary/aromatic N) is 1. The molecule has 0 bridgehead atoms. The molecule has 0 saturated heterocycles. The largest absolute Gasteiger partial charge is 0.486 e. The molecule has 5 rings (SSSR count). The Morgan fingerprint density at radius 1 is 0.917 bits per heavy atom. The van der Waals surface area contributed by atoms with Gasteiger partial charge in [0.1, 0.15) is 13.2 Å². The van der Waals surface area contributed by atoms with Crippen molar-refractivity contribution in [2.75, 3.05) is 25.3 Å². The number of nitrogens with one attached hydrogen (secondary N) is 2. The van der Waals surface area contributed by atoms with Gasteiger partial charge in [-0.1, -0.05) is 6.07 Å². The van der Waals surface area contributed by atoms with Gasteiger partial charge in [0.05, 0.1) is 11.0 Å². The van der Waals surface area contributed by atoms with Crippen LogP contribution in [0.15, 0.2) is 30.3 Å². The summed E-state index contributed by atoms with van der Waals surface area (Å²) in [6.07, 6.45) is 0. The van der Waals surface area contributed by atoms with E-state index in [2.05, 4.69) is 15.3 Å². The lowest BCUT2D eigenvalue weighted by Gasteiger charge is -2.17. The minimum absolute atomic E-state index is 0.282. The summed E-state index contributed by atoms with van der Waals surface area (Å²) < 4.78 is 21.9. The van der Waals surface area contributed by atoms with Crippen molar-refractivity contribution in [2.45, 2.75) is 6.54 Å². The lowest BCUT2D eigenvalue weighted by atomic mass is 10.2. The molecule has 2 aliphatic heterocycles. The number of benzene rings is 2. The number of anilines is 1. The van der Waals surface area contributed by atoms with Crippen LogP contribution in [0.25, 0.3) is 11.0 Å². The fraction of sp³-hybridized carbons (Fsp3) is 0.235. The van der Waals surface area contributed by atoms with Gasteiger partial charge in [-0.05, 0) is 17.7 Å². The molecule has 7 nitrogen and oxygen atoms in total. The minimum atomic E-state index is 0.282. The van der Waals surface area contributed by atoms with Crippen LogP contribution < -0.4 is 24.3 Å². The topological polar surface area (TPSA) is 77.6 Å². The Balaban J connectivity index is 1.37. The standard InChI is InChI=1S/C17H15N3O4/c1-2-13-14(24-9-23-13)5-10(1)8-18-17-19-11-6-15-16(7-12(11)20-17)22-4-3-21-15/h1-2,5-7H,3-4,8-9H2,(H2,18,19,20). The normalized spacial score (nSPS) is 14.8. The van der Waals surface area contributed by atoms with E-state index in [-0.39, 0.29) is 6.79 Å². The molecule has 24 heavy (non-hydrogen) atoms. The van der Waals surface area contributed by atoms with Gasteiger partial charge in [-0.2, -0.15) is 0 Å². The molecular weight excluding hydrogens is 310 g/mol. The number of aromatic amines is 1. The third-order valence-electron chi connectivity index (χ3n) is 4.04. The van der Waals surface area contributed by atoms with E-state index in [0.717, 1.165) is 39.6 Å². The van der Waals surface area contributed by atoms with Gasteiger partial charge in [-0.15, -0.1) is 0 Å². The van der Waals surface area contributed by atoms with Crippen LogP contribution >= 0.6 is 0 Å². The Kier molecular flexibility index (Phi) is 2.91. The summed E-state index contributed by atoms with van der Waals surface area (Å²) in [7, 11) is 0. The van der Waals surface area contributed by atoms with Crippen molar-refractivity contribution >= 4 is 17.0 Å². The highest BCUT2D eigenvalue weighted by Crippen LogP contribution is 2.35. The van der Waals surface area contributed by atoms with Crippen LogP contribution in [0.3, 0.4) is 0 Å². The van der Waals surface area contributed by atoms with Crippen molar-refractivity contribution < 1.29 is 18.9 Å². The fourth-order valence-corrected chi connectivity index (χ4v) is 2.87. The number of ether oxygens (including phenoxy) is 4. The number of rotatable bonds is 3. The molecule has 7 heteroatoms. The van der Waals surface area contributed by atoms with E-state index in [1.807, 2.05) is 30.3 Å². The van der Waals surface area contributed by atoms with Crippen LogP contribution in [0.5, 0.6) is 23.0 Å².